The van der Waals surface area contributed by atoms with Gasteiger partial charge in [-0.1, -0.05) is 11.6 Å². The van der Waals surface area contributed by atoms with Gasteiger partial charge in [0.05, 0.1) is 10.7 Å². The molecule has 1 aromatic rings. The Morgan fingerprint density at radius 2 is 1.94 bits per heavy atom. The molecule has 0 radical (unpaired) electrons. The van der Waals surface area contributed by atoms with Gasteiger partial charge in [-0.05, 0) is 18.2 Å². The number of benzene rings is 1. The summed E-state index contributed by atoms with van der Waals surface area (Å²) in [6.07, 6.45) is 0.891. The third kappa shape index (κ3) is 2.22. The molecular weight excluding hydrogens is 226 g/mol. The number of hydrogen-bond donors (Lipinski definition) is 1. The zero-order valence-electron chi connectivity index (χ0n) is 8.90. The standard InChI is InChI=1S/C11H14ClN3O/c12-10-7-9(13)1-2-11(10)15-5-3-14(8-16)4-6-15/h1-2,7-8H,3-6,13H2. The number of nitrogens with zero attached hydrogens (tertiary/aromatic N) is 2. The first-order valence-electron chi connectivity index (χ1n) is 5.20. The lowest BCUT2D eigenvalue weighted by Gasteiger charge is -2.34. The van der Waals surface area contributed by atoms with E-state index in [1.165, 1.54) is 0 Å². The summed E-state index contributed by atoms with van der Waals surface area (Å²) < 4.78 is 0. The summed E-state index contributed by atoms with van der Waals surface area (Å²) in [6.45, 7) is 3.10. The summed E-state index contributed by atoms with van der Waals surface area (Å²) in [4.78, 5) is 14.5. The number of rotatable bonds is 2. The highest BCUT2D eigenvalue weighted by atomic mass is 35.5. The summed E-state index contributed by atoms with van der Waals surface area (Å²) >= 11 is 6.13. The summed E-state index contributed by atoms with van der Waals surface area (Å²) in [7, 11) is 0. The fourth-order valence-corrected chi connectivity index (χ4v) is 2.16. The van der Waals surface area contributed by atoms with E-state index in [2.05, 4.69) is 4.90 Å². The van der Waals surface area contributed by atoms with Crippen LogP contribution < -0.4 is 10.6 Å². The molecule has 0 unspecified atom stereocenters. The van der Waals surface area contributed by atoms with Crippen molar-refractivity contribution < 1.29 is 4.79 Å². The van der Waals surface area contributed by atoms with Crippen LogP contribution in [-0.4, -0.2) is 37.5 Å². The van der Waals surface area contributed by atoms with E-state index in [1.807, 2.05) is 12.1 Å². The van der Waals surface area contributed by atoms with Crippen molar-refractivity contribution in [2.75, 3.05) is 36.8 Å². The van der Waals surface area contributed by atoms with Crippen molar-refractivity contribution in [1.29, 1.82) is 0 Å². The third-order valence-electron chi connectivity index (χ3n) is 2.78. The largest absolute Gasteiger partial charge is 0.399 e. The van der Waals surface area contributed by atoms with Gasteiger partial charge in [0.1, 0.15) is 0 Å². The van der Waals surface area contributed by atoms with Gasteiger partial charge < -0.3 is 15.5 Å². The monoisotopic (exact) mass is 239 g/mol. The van der Waals surface area contributed by atoms with Crippen LogP contribution in [0.1, 0.15) is 0 Å². The molecule has 0 aromatic heterocycles. The highest BCUT2D eigenvalue weighted by molar-refractivity contribution is 6.33. The number of nitrogens with two attached hydrogens (primary N) is 1. The maximum absolute atomic E-state index is 10.6. The van der Waals surface area contributed by atoms with E-state index in [1.54, 1.807) is 11.0 Å². The highest BCUT2D eigenvalue weighted by Gasteiger charge is 2.17. The van der Waals surface area contributed by atoms with E-state index >= 15 is 0 Å². The first-order chi connectivity index (χ1) is 7.70. The molecule has 0 bridgehead atoms. The first kappa shape index (κ1) is 11.1. The number of hydrogen-bond acceptors (Lipinski definition) is 3. The van der Waals surface area contributed by atoms with E-state index in [0.29, 0.717) is 10.7 Å². The molecule has 1 fully saturated rings. The minimum Gasteiger partial charge on any atom is -0.399 e. The number of amides is 1. The predicted molar refractivity (Wildman–Crippen MR) is 65.7 cm³/mol. The number of carbonyl (C=O) groups excluding carboxylic acids is 1. The molecule has 1 aliphatic heterocycles. The van der Waals surface area contributed by atoms with Crippen molar-refractivity contribution in [1.82, 2.24) is 4.90 Å². The molecule has 16 heavy (non-hydrogen) atoms. The first-order valence-corrected chi connectivity index (χ1v) is 5.58. The zero-order chi connectivity index (χ0) is 11.5. The summed E-state index contributed by atoms with van der Waals surface area (Å²) in [5.41, 5.74) is 7.30. The Kier molecular flexibility index (Phi) is 3.19. The Labute approximate surface area is 99.6 Å². The maximum Gasteiger partial charge on any atom is 0.209 e. The van der Waals surface area contributed by atoms with Gasteiger partial charge in [0.15, 0.2) is 0 Å². The van der Waals surface area contributed by atoms with E-state index in [0.717, 1.165) is 38.3 Å². The average molecular weight is 240 g/mol. The van der Waals surface area contributed by atoms with Crippen LogP contribution in [0.5, 0.6) is 0 Å². The number of nitrogen functional groups attached to an aromatic ring is 1. The van der Waals surface area contributed by atoms with Crippen LogP contribution in [-0.2, 0) is 4.79 Å². The van der Waals surface area contributed by atoms with Crippen LogP contribution in [0.15, 0.2) is 18.2 Å². The molecule has 1 heterocycles. The Morgan fingerprint density at radius 3 is 2.50 bits per heavy atom. The Hall–Kier alpha value is -1.42. The fraction of sp³-hybridized carbons (Fsp3) is 0.364. The van der Waals surface area contributed by atoms with Crippen LogP contribution in [0.25, 0.3) is 0 Å². The second-order valence-electron chi connectivity index (χ2n) is 3.84. The second kappa shape index (κ2) is 4.61. The van der Waals surface area contributed by atoms with Crippen molar-refractivity contribution in [3.8, 4) is 0 Å². The molecule has 1 saturated heterocycles. The van der Waals surface area contributed by atoms with E-state index in [-0.39, 0.29) is 0 Å². The molecule has 1 aromatic carbocycles. The molecule has 0 saturated carbocycles. The smallest absolute Gasteiger partial charge is 0.209 e. The normalized spacial score (nSPS) is 16.3. The quantitative estimate of drug-likeness (QED) is 0.623. The average Bonchev–Trinajstić information content (AvgIpc) is 2.29. The lowest BCUT2D eigenvalue weighted by atomic mass is 10.2. The van der Waals surface area contributed by atoms with Gasteiger partial charge in [0.2, 0.25) is 6.41 Å². The van der Waals surface area contributed by atoms with E-state index in [4.69, 9.17) is 17.3 Å². The zero-order valence-corrected chi connectivity index (χ0v) is 9.65. The van der Waals surface area contributed by atoms with Crippen LogP contribution in [0.2, 0.25) is 5.02 Å². The Bertz CT molecular complexity index is 389. The van der Waals surface area contributed by atoms with Gasteiger partial charge in [-0.2, -0.15) is 0 Å². The SMILES string of the molecule is Nc1ccc(N2CCN(C=O)CC2)c(Cl)c1. The summed E-state index contributed by atoms with van der Waals surface area (Å²) in [5, 5.41) is 0.666. The Balaban J connectivity index is 2.11. The third-order valence-corrected chi connectivity index (χ3v) is 3.08. The molecular formula is C11H14ClN3O. The van der Waals surface area contributed by atoms with Gasteiger partial charge in [-0.3, -0.25) is 4.79 Å². The molecule has 5 heteroatoms. The van der Waals surface area contributed by atoms with Gasteiger partial charge in [-0.25, -0.2) is 0 Å². The van der Waals surface area contributed by atoms with Crippen molar-refractivity contribution in [2.45, 2.75) is 0 Å². The minimum absolute atomic E-state index is 0.666. The van der Waals surface area contributed by atoms with Gasteiger partial charge in [0, 0.05) is 31.9 Å². The molecule has 2 rings (SSSR count). The summed E-state index contributed by atoms with van der Waals surface area (Å²) in [5.74, 6) is 0. The van der Waals surface area contributed by atoms with E-state index < -0.39 is 0 Å². The number of piperazine rings is 1. The van der Waals surface area contributed by atoms with Gasteiger partial charge >= 0.3 is 0 Å². The van der Waals surface area contributed by atoms with Crippen LogP contribution in [0.3, 0.4) is 0 Å². The highest BCUT2D eigenvalue weighted by Crippen LogP contribution is 2.28. The molecule has 0 spiro atoms. The van der Waals surface area contributed by atoms with Gasteiger partial charge in [0.25, 0.3) is 0 Å². The summed E-state index contributed by atoms with van der Waals surface area (Å²) in [6, 6.07) is 5.52. The van der Waals surface area contributed by atoms with Crippen molar-refractivity contribution in [2.24, 2.45) is 0 Å². The fourth-order valence-electron chi connectivity index (χ4n) is 1.85. The molecule has 1 aliphatic rings. The number of carbonyl (C=O) groups is 1. The van der Waals surface area contributed by atoms with Crippen molar-refractivity contribution in [3.63, 3.8) is 0 Å². The Morgan fingerprint density at radius 1 is 1.25 bits per heavy atom. The molecule has 4 nitrogen and oxygen atoms in total. The lowest BCUT2D eigenvalue weighted by Crippen LogP contribution is -2.45. The van der Waals surface area contributed by atoms with Crippen LogP contribution >= 0.6 is 11.6 Å². The lowest BCUT2D eigenvalue weighted by molar-refractivity contribution is -0.118. The number of anilines is 2. The topological polar surface area (TPSA) is 49.6 Å². The maximum atomic E-state index is 10.6. The van der Waals surface area contributed by atoms with Gasteiger partial charge in [-0.15, -0.1) is 0 Å². The minimum atomic E-state index is 0.666. The van der Waals surface area contributed by atoms with E-state index in [9.17, 15) is 4.79 Å². The van der Waals surface area contributed by atoms with Crippen LogP contribution in [0.4, 0.5) is 11.4 Å². The molecule has 2 N–H and O–H groups in total. The van der Waals surface area contributed by atoms with Crippen molar-refractivity contribution >= 4 is 29.4 Å². The number of halogens is 1. The van der Waals surface area contributed by atoms with Crippen molar-refractivity contribution in [3.05, 3.63) is 23.2 Å². The molecule has 0 aliphatic carbocycles. The molecule has 1 amide bonds. The molecule has 86 valence electrons. The van der Waals surface area contributed by atoms with Crippen LogP contribution in [0, 0.1) is 0 Å². The second-order valence-corrected chi connectivity index (χ2v) is 4.25. The molecule has 0 atom stereocenters. The predicted octanol–water partition coefficient (Wildman–Crippen LogP) is 1.20.